The van der Waals surface area contributed by atoms with E-state index in [-0.39, 0.29) is 5.91 Å². The molecule has 1 amide bonds. The van der Waals surface area contributed by atoms with Gasteiger partial charge in [-0.15, -0.1) is 0 Å². The lowest BCUT2D eigenvalue weighted by Gasteiger charge is -2.24. The molecule has 7 heteroatoms. The number of benzene rings is 2. The van der Waals surface area contributed by atoms with Crippen molar-refractivity contribution in [1.29, 1.82) is 0 Å². The predicted octanol–water partition coefficient (Wildman–Crippen LogP) is 4.81. The number of nitrogens with zero attached hydrogens (tertiary/aromatic N) is 1. The van der Waals surface area contributed by atoms with E-state index in [2.05, 4.69) is 39.2 Å². The molecular weight excluding hydrogens is 400 g/mol. The Morgan fingerprint density at radius 2 is 1.70 bits per heavy atom. The summed E-state index contributed by atoms with van der Waals surface area (Å²) >= 11 is 1.67. The van der Waals surface area contributed by atoms with Crippen molar-refractivity contribution in [2.24, 2.45) is 0 Å². The van der Waals surface area contributed by atoms with Crippen LogP contribution in [-0.2, 0) is 11.3 Å². The zero-order valence-electron chi connectivity index (χ0n) is 17.4. The Kier molecular flexibility index (Phi) is 7.57. The van der Waals surface area contributed by atoms with E-state index in [4.69, 9.17) is 14.2 Å². The summed E-state index contributed by atoms with van der Waals surface area (Å²) < 4.78 is 16.0. The van der Waals surface area contributed by atoms with Crippen LogP contribution in [0.3, 0.4) is 0 Å². The molecule has 1 heterocycles. The lowest BCUT2D eigenvalue weighted by Crippen LogP contribution is -2.27. The minimum Gasteiger partial charge on any atom is -0.493 e. The second-order valence-corrected chi connectivity index (χ2v) is 7.38. The number of methoxy groups -OCH3 is 3. The third-order valence-electron chi connectivity index (χ3n) is 4.63. The topological polar surface area (TPSA) is 60.0 Å². The van der Waals surface area contributed by atoms with Gasteiger partial charge in [0.25, 0.3) is 0 Å². The van der Waals surface area contributed by atoms with Crippen molar-refractivity contribution in [2.75, 3.05) is 38.1 Å². The molecule has 0 aliphatic carbocycles. The fraction of sp³-hybridized carbons (Fsp3) is 0.261. The van der Waals surface area contributed by atoms with Gasteiger partial charge in [0.2, 0.25) is 11.7 Å². The van der Waals surface area contributed by atoms with E-state index in [0.29, 0.717) is 35.9 Å². The van der Waals surface area contributed by atoms with Crippen LogP contribution in [0, 0.1) is 0 Å². The summed E-state index contributed by atoms with van der Waals surface area (Å²) in [5.74, 6) is 1.39. The van der Waals surface area contributed by atoms with Crippen LogP contribution in [0.15, 0.2) is 59.3 Å². The SMILES string of the molecule is COc1cc(NC(=O)CCN(Cc2ccsc2)c2ccccc2)cc(OC)c1OC. The van der Waals surface area contributed by atoms with Gasteiger partial charge >= 0.3 is 0 Å². The van der Waals surface area contributed by atoms with E-state index in [1.165, 1.54) is 5.56 Å². The molecule has 1 N–H and O–H groups in total. The maximum atomic E-state index is 12.7. The molecular formula is C23H26N2O4S. The fourth-order valence-corrected chi connectivity index (χ4v) is 3.81. The Morgan fingerprint density at radius 3 is 2.27 bits per heavy atom. The molecule has 1 aromatic heterocycles. The van der Waals surface area contributed by atoms with Crippen molar-refractivity contribution >= 4 is 28.6 Å². The van der Waals surface area contributed by atoms with Crippen molar-refractivity contribution in [2.45, 2.75) is 13.0 Å². The number of carbonyl (C=O) groups is 1. The third-order valence-corrected chi connectivity index (χ3v) is 5.36. The van der Waals surface area contributed by atoms with Gasteiger partial charge in [0.05, 0.1) is 21.3 Å². The molecule has 0 aliphatic heterocycles. The first-order valence-electron chi connectivity index (χ1n) is 9.55. The van der Waals surface area contributed by atoms with Crippen molar-refractivity contribution in [3.8, 4) is 17.2 Å². The van der Waals surface area contributed by atoms with E-state index in [9.17, 15) is 4.79 Å². The van der Waals surface area contributed by atoms with E-state index in [0.717, 1.165) is 12.2 Å². The second kappa shape index (κ2) is 10.5. The molecule has 2 aromatic carbocycles. The predicted molar refractivity (Wildman–Crippen MR) is 121 cm³/mol. The highest BCUT2D eigenvalue weighted by atomic mass is 32.1. The van der Waals surface area contributed by atoms with Gasteiger partial charge in [-0.1, -0.05) is 18.2 Å². The van der Waals surface area contributed by atoms with Crippen LogP contribution in [0.25, 0.3) is 0 Å². The summed E-state index contributed by atoms with van der Waals surface area (Å²) in [5, 5.41) is 7.13. The molecule has 0 spiro atoms. The van der Waals surface area contributed by atoms with Gasteiger partial charge in [-0.3, -0.25) is 4.79 Å². The largest absolute Gasteiger partial charge is 0.493 e. The summed E-state index contributed by atoms with van der Waals surface area (Å²) in [6, 6.07) is 15.7. The smallest absolute Gasteiger partial charge is 0.226 e. The van der Waals surface area contributed by atoms with Crippen LogP contribution in [-0.4, -0.2) is 33.8 Å². The lowest BCUT2D eigenvalue weighted by atomic mass is 10.2. The zero-order valence-corrected chi connectivity index (χ0v) is 18.2. The average molecular weight is 427 g/mol. The second-order valence-electron chi connectivity index (χ2n) is 6.60. The number of thiophene rings is 1. The monoisotopic (exact) mass is 426 g/mol. The molecule has 158 valence electrons. The van der Waals surface area contributed by atoms with Gasteiger partial charge in [-0.05, 0) is 34.5 Å². The number of rotatable bonds is 10. The molecule has 3 rings (SSSR count). The quantitative estimate of drug-likeness (QED) is 0.504. The van der Waals surface area contributed by atoms with Gasteiger partial charge in [-0.2, -0.15) is 11.3 Å². The summed E-state index contributed by atoms with van der Waals surface area (Å²) in [4.78, 5) is 14.9. The number of carbonyl (C=O) groups excluding carboxylic acids is 1. The molecule has 0 saturated carbocycles. The highest BCUT2D eigenvalue weighted by Crippen LogP contribution is 2.39. The molecule has 0 saturated heterocycles. The first kappa shape index (κ1) is 21.5. The third kappa shape index (κ3) is 5.45. The number of nitrogens with one attached hydrogen (secondary N) is 1. The van der Waals surface area contributed by atoms with Crippen molar-refractivity contribution in [3.05, 3.63) is 64.9 Å². The maximum absolute atomic E-state index is 12.7. The van der Waals surface area contributed by atoms with Crippen LogP contribution in [0.4, 0.5) is 11.4 Å². The molecule has 3 aromatic rings. The highest BCUT2D eigenvalue weighted by Gasteiger charge is 2.15. The Balaban J connectivity index is 1.68. The van der Waals surface area contributed by atoms with Gasteiger partial charge < -0.3 is 24.4 Å². The summed E-state index contributed by atoms with van der Waals surface area (Å²) in [6.45, 7) is 1.35. The van der Waals surface area contributed by atoms with E-state index < -0.39 is 0 Å². The summed E-state index contributed by atoms with van der Waals surface area (Å²) in [6.07, 6.45) is 0.343. The standard InChI is InChI=1S/C23H26N2O4S/c1-27-20-13-18(14-21(28-2)23(20)29-3)24-22(26)9-11-25(15-17-10-12-30-16-17)19-7-5-4-6-8-19/h4-8,10,12-14,16H,9,11,15H2,1-3H3,(H,24,26). The minimum atomic E-state index is -0.0875. The molecule has 0 bridgehead atoms. The molecule has 30 heavy (non-hydrogen) atoms. The first-order chi connectivity index (χ1) is 14.6. The molecule has 0 unspecified atom stereocenters. The molecule has 0 fully saturated rings. The normalized spacial score (nSPS) is 10.4. The van der Waals surface area contributed by atoms with Crippen LogP contribution >= 0.6 is 11.3 Å². The first-order valence-corrected chi connectivity index (χ1v) is 10.5. The molecule has 0 atom stereocenters. The van der Waals surface area contributed by atoms with Crippen molar-refractivity contribution in [3.63, 3.8) is 0 Å². The van der Waals surface area contributed by atoms with Crippen molar-refractivity contribution < 1.29 is 19.0 Å². The Hall–Kier alpha value is -3.19. The van der Waals surface area contributed by atoms with Gasteiger partial charge in [-0.25, -0.2) is 0 Å². The van der Waals surface area contributed by atoms with Crippen LogP contribution < -0.4 is 24.4 Å². The number of ether oxygens (including phenoxy) is 3. The van der Waals surface area contributed by atoms with Crippen LogP contribution in [0.1, 0.15) is 12.0 Å². The van der Waals surface area contributed by atoms with Crippen LogP contribution in [0.5, 0.6) is 17.2 Å². The molecule has 0 radical (unpaired) electrons. The summed E-state index contributed by atoms with van der Waals surface area (Å²) in [5.41, 5.74) is 2.91. The minimum absolute atomic E-state index is 0.0875. The average Bonchev–Trinajstić information content (AvgIpc) is 3.29. The Labute approximate surface area is 181 Å². The lowest BCUT2D eigenvalue weighted by molar-refractivity contribution is -0.116. The number of hydrogen-bond donors (Lipinski definition) is 1. The number of para-hydroxylation sites is 1. The van der Waals surface area contributed by atoms with E-state index in [1.54, 1.807) is 44.8 Å². The Bertz CT molecular complexity index is 920. The van der Waals surface area contributed by atoms with E-state index >= 15 is 0 Å². The highest BCUT2D eigenvalue weighted by molar-refractivity contribution is 7.07. The number of hydrogen-bond acceptors (Lipinski definition) is 6. The summed E-state index contributed by atoms with van der Waals surface area (Å²) in [7, 11) is 4.64. The zero-order chi connectivity index (χ0) is 21.3. The molecule has 6 nitrogen and oxygen atoms in total. The van der Waals surface area contributed by atoms with Gasteiger partial charge in [0.1, 0.15) is 0 Å². The Morgan fingerprint density at radius 1 is 1.00 bits per heavy atom. The van der Waals surface area contributed by atoms with Gasteiger partial charge in [0.15, 0.2) is 11.5 Å². The molecule has 0 aliphatic rings. The van der Waals surface area contributed by atoms with Crippen molar-refractivity contribution in [1.82, 2.24) is 0 Å². The van der Waals surface area contributed by atoms with Crippen LogP contribution in [0.2, 0.25) is 0 Å². The van der Waals surface area contributed by atoms with E-state index in [1.807, 2.05) is 18.2 Å². The number of amides is 1. The van der Waals surface area contributed by atoms with Gasteiger partial charge in [0, 0.05) is 43.0 Å². The number of anilines is 2. The fourth-order valence-electron chi connectivity index (χ4n) is 3.15. The maximum Gasteiger partial charge on any atom is 0.226 e.